The number of aromatic nitrogens is 5. The Balaban J connectivity index is 1.28. The fourth-order valence-corrected chi connectivity index (χ4v) is 3.71. The molecule has 0 saturated carbocycles. The van der Waals surface area contributed by atoms with Gasteiger partial charge in [-0.3, -0.25) is 4.90 Å². The van der Waals surface area contributed by atoms with E-state index in [9.17, 15) is 13.2 Å². The largest absolute Gasteiger partial charge is 0.453 e. The molecule has 7 nitrogen and oxygen atoms in total. The summed E-state index contributed by atoms with van der Waals surface area (Å²) in [5.41, 5.74) is 2.43. The second-order valence-electron chi connectivity index (χ2n) is 7.15. The molecule has 1 aliphatic rings. The van der Waals surface area contributed by atoms with Crippen molar-refractivity contribution in [2.45, 2.75) is 12.7 Å². The van der Waals surface area contributed by atoms with Crippen molar-refractivity contribution in [2.24, 2.45) is 0 Å². The van der Waals surface area contributed by atoms with Gasteiger partial charge in [0, 0.05) is 44.4 Å². The van der Waals surface area contributed by atoms with Crippen molar-refractivity contribution in [3.63, 3.8) is 0 Å². The Bertz CT molecular complexity index is 1160. The summed E-state index contributed by atoms with van der Waals surface area (Å²) in [5, 5.41) is 12.1. The lowest BCUT2D eigenvalue weighted by molar-refractivity contribution is -0.146. The summed E-state index contributed by atoms with van der Waals surface area (Å²) in [6.07, 6.45) is -2.67. The number of aromatic amines is 1. The molecule has 0 radical (unpaired) electrons. The Labute approximate surface area is 163 Å². The van der Waals surface area contributed by atoms with Crippen LogP contribution in [0.2, 0.25) is 0 Å². The average molecular weight is 401 g/mol. The third kappa shape index (κ3) is 3.39. The van der Waals surface area contributed by atoms with E-state index >= 15 is 0 Å². The maximum atomic E-state index is 13.1. The zero-order chi connectivity index (χ0) is 20.0. The van der Waals surface area contributed by atoms with Gasteiger partial charge in [0.15, 0.2) is 5.65 Å². The van der Waals surface area contributed by atoms with Gasteiger partial charge in [0.25, 0.3) is 5.82 Å². The Morgan fingerprint density at radius 3 is 2.59 bits per heavy atom. The van der Waals surface area contributed by atoms with Crippen LogP contribution in [0.3, 0.4) is 0 Å². The van der Waals surface area contributed by atoms with Gasteiger partial charge in [0.1, 0.15) is 5.82 Å². The molecule has 1 saturated heterocycles. The summed E-state index contributed by atoms with van der Waals surface area (Å²) in [6.45, 7) is 3.81. The zero-order valence-corrected chi connectivity index (χ0v) is 15.4. The zero-order valence-electron chi connectivity index (χ0n) is 15.4. The van der Waals surface area contributed by atoms with E-state index in [1.807, 2.05) is 17.2 Å². The number of fused-ring (bicyclic) bond motifs is 2. The van der Waals surface area contributed by atoms with Gasteiger partial charge >= 0.3 is 6.18 Å². The number of hydrogen-bond acceptors (Lipinski definition) is 5. The number of benzene rings is 1. The molecule has 4 aromatic rings. The normalized spacial score (nSPS) is 16.2. The monoisotopic (exact) mass is 401 g/mol. The maximum absolute atomic E-state index is 13.1. The first kappa shape index (κ1) is 17.9. The third-order valence-corrected chi connectivity index (χ3v) is 5.22. The van der Waals surface area contributed by atoms with Crippen molar-refractivity contribution >= 4 is 22.4 Å². The minimum Gasteiger partial charge on any atom is -0.361 e. The van der Waals surface area contributed by atoms with Crippen molar-refractivity contribution in [2.75, 3.05) is 31.1 Å². The number of halogens is 3. The van der Waals surface area contributed by atoms with Crippen LogP contribution in [0.15, 0.2) is 42.6 Å². The van der Waals surface area contributed by atoms with E-state index < -0.39 is 12.0 Å². The lowest BCUT2D eigenvalue weighted by atomic mass is 10.1. The van der Waals surface area contributed by atoms with Gasteiger partial charge in [0.05, 0.1) is 0 Å². The first-order valence-electron chi connectivity index (χ1n) is 9.30. The fraction of sp³-hybridized carbons (Fsp3) is 0.316. The van der Waals surface area contributed by atoms with Crippen molar-refractivity contribution in [3.05, 3.63) is 54.0 Å². The van der Waals surface area contributed by atoms with Crippen LogP contribution in [0, 0.1) is 0 Å². The molecule has 29 heavy (non-hydrogen) atoms. The molecule has 0 aliphatic carbocycles. The van der Waals surface area contributed by atoms with E-state index in [2.05, 4.69) is 43.4 Å². The van der Waals surface area contributed by atoms with Crippen molar-refractivity contribution in [3.8, 4) is 0 Å². The van der Waals surface area contributed by atoms with E-state index in [1.165, 1.54) is 17.0 Å². The van der Waals surface area contributed by atoms with Crippen LogP contribution in [0.5, 0.6) is 0 Å². The van der Waals surface area contributed by atoms with Crippen LogP contribution < -0.4 is 4.90 Å². The van der Waals surface area contributed by atoms with Crippen LogP contribution in [0.1, 0.15) is 11.4 Å². The SMILES string of the molecule is FC(F)(F)c1nnc2ccc(N3CCN(Cc4ccc5cc[nH]c5c4)CC3)nn12. The van der Waals surface area contributed by atoms with Crippen LogP contribution in [0.4, 0.5) is 19.0 Å². The van der Waals surface area contributed by atoms with Crippen molar-refractivity contribution < 1.29 is 13.2 Å². The van der Waals surface area contributed by atoms with Gasteiger partial charge in [-0.1, -0.05) is 12.1 Å². The molecule has 1 N–H and O–H groups in total. The highest BCUT2D eigenvalue weighted by Crippen LogP contribution is 2.28. The summed E-state index contributed by atoms with van der Waals surface area (Å²) >= 11 is 0. The van der Waals surface area contributed by atoms with Gasteiger partial charge < -0.3 is 9.88 Å². The van der Waals surface area contributed by atoms with E-state index in [-0.39, 0.29) is 5.65 Å². The minimum atomic E-state index is -4.59. The standard InChI is InChI=1S/C19H18F3N7/c20-19(21,22)18-25-24-16-3-4-17(26-29(16)18)28-9-7-27(8-10-28)12-13-1-2-14-5-6-23-15(14)11-13/h1-6,11,23H,7-10,12H2. The number of piperazine rings is 1. The van der Waals surface area contributed by atoms with E-state index in [0.29, 0.717) is 18.9 Å². The molecular formula is C19H18F3N7. The lowest BCUT2D eigenvalue weighted by Gasteiger charge is -2.35. The summed E-state index contributed by atoms with van der Waals surface area (Å²) in [7, 11) is 0. The smallest absolute Gasteiger partial charge is 0.361 e. The number of rotatable bonds is 3. The number of alkyl halides is 3. The molecule has 4 heterocycles. The summed E-state index contributed by atoms with van der Waals surface area (Å²) in [6, 6.07) is 11.6. The maximum Gasteiger partial charge on any atom is 0.453 e. The number of nitrogens with zero attached hydrogens (tertiary/aromatic N) is 6. The molecule has 0 bridgehead atoms. The Morgan fingerprint density at radius 2 is 1.79 bits per heavy atom. The van der Waals surface area contributed by atoms with Gasteiger partial charge in [0.2, 0.25) is 0 Å². The van der Waals surface area contributed by atoms with Gasteiger partial charge in [-0.15, -0.1) is 15.3 Å². The predicted octanol–water partition coefficient (Wildman–Crippen LogP) is 2.95. The summed E-state index contributed by atoms with van der Waals surface area (Å²) in [5.74, 6) is -0.608. The van der Waals surface area contributed by atoms with E-state index in [1.54, 1.807) is 6.07 Å². The van der Waals surface area contributed by atoms with Gasteiger partial charge in [-0.2, -0.15) is 17.7 Å². The Morgan fingerprint density at radius 1 is 0.966 bits per heavy atom. The topological polar surface area (TPSA) is 65.4 Å². The summed E-state index contributed by atoms with van der Waals surface area (Å²) < 4.78 is 40.0. The molecule has 1 fully saturated rings. The summed E-state index contributed by atoms with van der Waals surface area (Å²) in [4.78, 5) is 7.55. The quantitative estimate of drug-likeness (QED) is 0.572. The number of H-pyrrole nitrogens is 1. The Kier molecular flexibility index (Phi) is 4.16. The molecule has 10 heteroatoms. The fourth-order valence-electron chi connectivity index (χ4n) is 3.71. The first-order valence-corrected chi connectivity index (χ1v) is 9.30. The first-order chi connectivity index (χ1) is 14.0. The lowest BCUT2D eigenvalue weighted by Crippen LogP contribution is -2.46. The van der Waals surface area contributed by atoms with Crippen LogP contribution >= 0.6 is 0 Å². The average Bonchev–Trinajstić information content (AvgIpc) is 3.34. The highest BCUT2D eigenvalue weighted by molar-refractivity contribution is 5.79. The molecule has 150 valence electrons. The van der Waals surface area contributed by atoms with Gasteiger partial charge in [-0.25, -0.2) is 0 Å². The molecule has 0 spiro atoms. The molecule has 1 aliphatic heterocycles. The molecule has 0 amide bonds. The van der Waals surface area contributed by atoms with Crippen LogP contribution in [0.25, 0.3) is 16.6 Å². The van der Waals surface area contributed by atoms with Crippen LogP contribution in [-0.2, 0) is 12.7 Å². The molecule has 0 unspecified atom stereocenters. The Hall–Kier alpha value is -3.14. The highest BCUT2D eigenvalue weighted by atomic mass is 19.4. The highest BCUT2D eigenvalue weighted by Gasteiger charge is 2.37. The second kappa shape index (κ2) is 6.73. The molecule has 5 rings (SSSR count). The molecule has 1 aromatic carbocycles. The number of anilines is 1. The van der Waals surface area contributed by atoms with Gasteiger partial charge in [-0.05, 0) is 35.2 Å². The molecular weight excluding hydrogens is 383 g/mol. The second-order valence-corrected chi connectivity index (χ2v) is 7.15. The van der Waals surface area contributed by atoms with E-state index in [4.69, 9.17) is 0 Å². The van der Waals surface area contributed by atoms with Crippen molar-refractivity contribution in [1.82, 2.24) is 29.7 Å². The predicted molar refractivity (Wildman–Crippen MR) is 102 cm³/mol. The number of hydrogen-bond donors (Lipinski definition) is 1. The third-order valence-electron chi connectivity index (χ3n) is 5.22. The van der Waals surface area contributed by atoms with Crippen molar-refractivity contribution in [1.29, 1.82) is 0 Å². The number of nitrogens with one attached hydrogen (secondary N) is 1. The van der Waals surface area contributed by atoms with E-state index in [0.717, 1.165) is 29.7 Å². The molecule has 0 atom stereocenters. The molecule has 3 aromatic heterocycles. The van der Waals surface area contributed by atoms with Crippen LogP contribution in [-0.4, -0.2) is 55.9 Å². The minimum absolute atomic E-state index is 0.0828.